The van der Waals surface area contributed by atoms with E-state index in [1.165, 1.54) is 23.9 Å². The summed E-state index contributed by atoms with van der Waals surface area (Å²) in [4.78, 5) is 45.8. The molecule has 0 saturated carbocycles. The van der Waals surface area contributed by atoms with E-state index in [0.717, 1.165) is 4.57 Å². The van der Waals surface area contributed by atoms with E-state index in [1.54, 1.807) is 42.7 Å². The fourth-order valence-electron chi connectivity index (χ4n) is 3.04. The molecule has 146 valence electrons. The SMILES string of the molecule is COC(=O)c1ccc(Cn2c(=O)n(Cc3cccnc3)c(=O)c3ncccc32)o1. The van der Waals surface area contributed by atoms with Gasteiger partial charge < -0.3 is 9.15 Å². The monoisotopic (exact) mass is 392 g/mol. The van der Waals surface area contributed by atoms with Crippen molar-refractivity contribution in [2.45, 2.75) is 13.1 Å². The summed E-state index contributed by atoms with van der Waals surface area (Å²) in [5.41, 5.74) is 0.243. The van der Waals surface area contributed by atoms with Crippen LogP contribution in [0.15, 0.2) is 69.0 Å². The number of pyridine rings is 2. The topological polar surface area (TPSA) is 109 Å². The summed E-state index contributed by atoms with van der Waals surface area (Å²) in [6, 6.07) is 9.85. The maximum Gasteiger partial charge on any atom is 0.373 e. The number of methoxy groups -OCH3 is 1. The van der Waals surface area contributed by atoms with Gasteiger partial charge in [-0.15, -0.1) is 0 Å². The number of hydrogen-bond donors (Lipinski definition) is 0. The van der Waals surface area contributed by atoms with Crippen molar-refractivity contribution in [3.8, 4) is 0 Å². The lowest BCUT2D eigenvalue weighted by Crippen LogP contribution is -2.40. The van der Waals surface area contributed by atoms with Crippen LogP contribution < -0.4 is 11.2 Å². The largest absolute Gasteiger partial charge is 0.463 e. The molecule has 0 radical (unpaired) electrons. The van der Waals surface area contributed by atoms with Gasteiger partial charge in [-0.3, -0.25) is 18.9 Å². The molecule has 0 aliphatic heterocycles. The molecule has 0 bridgehead atoms. The third-order valence-electron chi connectivity index (χ3n) is 4.41. The van der Waals surface area contributed by atoms with Crippen molar-refractivity contribution < 1.29 is 13.9 Å². The number of esters is 1. The Morgan fingerprint density at radius 1 is 1.07 bits per heavy atom. The first-order chi connectivity index (χ1) is 14.1. The number of furan rings is 1. The quantitative estimate of drug-likeness (QED) is 0.473. The molecule has 0 spiro atoms. The van der Waals surface area contributed by atoms with Crippen molar-refractivity contribution in [3.05, 3.63) is 92.9 Å². The van der Waals surface area contributed by atoms with Gasteiger partial charge >= 0.3 is 11.7 Å². The summed E-state index contributed by atoms with van der Waals surface area (Å²) in [6.07, 6.45) is 4.70. The third-order valence-corrected chi connectivity index (χ3v) is 4.41. The Balaban J connectivity index is 1.84. The number of aromatic nitrogens is 4. The maximum absolute atomic E-state index is 13.2. The Labute approximate surface area is 163 Å². The molecular formula is C20H16N4O5. The highest BCUT2D eigenvalue weighted by atomic mass is 16.5. The molecule has 0 amide bonds. The summed E-state index contributed by atoms with van der Waals surface area (Å²) < 4.78 is 12.6. The second-order valence-corrected chi connectivity index (χ2v) is 6.25. The van der Waals surface area contributed by atoms with E-state index in [9.17, 15) is 14.4 Å². The molecule has 4 aromatic heterocycles. The first kappa shape index (κ1) is 18.4. The van der Waals surface area contributed by atoms with Crippen molar-refractivity contribution in [2.75, 3.05) is 7.11 Å². The maximum atomic E-state index is 13.2. The number of hydrogen-bond acceptors (Lipinski definition) is 7. The Hall–Kier alpha value is -4.01. The van der Waals surface area contributed by atoms with Crippen molar-refractivity contribution in [3.63, 3.8) is 0 Å². The molecule has 0 fully saturated rings. The van der Waals surface area contributed by atoms with E-state index >= 15 is 0 Å². The molecule has 4 heterocycles. The van der Waals surface area contributed by atoms with E-state index in [0.29, 0.717) is 16.8 Å². The lowest BCUT2D eigenvalue weighted by Gasteiger charge is -2.12. The number of nitrogens with zero attached hydrogens (tertiary/aromatic N) is 4. The number of ether oxygens (including phenoxy) is 1. The first-order valence-electron chi connectivity index (χ1n) is 8.73. The molecule has 0 saturated heterocycles. The van der Waals surface area contributed by atoms with Crippen molar-refractivity contribution in [2.24, 2.45) is 0 Å². The van der Waals surface area contributed by atoms with Gasteiger partial charge in [0.25, 0.3) is 5.56 Å². The first-order valence-corrected chi connectivity index (χ1v) is 8.73. The lowest BCUT2D eigenvalue weighted by atomic mass is 10.2. The fourth-order valence-corrected chi connectivity index (χ4v) is 3.04. The molecule has 4 rings (SSSR count). The van der Waals surface area contributed by atoms with Crippen LogP contribution in [0.3, 0.4) is 0 Å². The standard InChI is InChI=1S/C20H16N4O5/c1-28-19(26)16-7-6-14(29-16)12-23-15-5-3-9-22-17(15)18(25)24(20(23)27)11-13-4-2-8-21-10-13/h2-10H,11-12H2,1H3. The van der Waals surface area contributed by atoms with Gasteiger partial charge in [-0.05, 0) is 35.9 Å². The van der Waals surface area contributed by atoms with Crippen LogP contribution in [0.5, 0.6) is 0 Å². The zero-order valence-electron chi connectivity index (χ0n) is 15.4. The smallest absolute Gasteiger partial charge is 0.373 e. The summed E-state index contributed by atoms with van der Waals surface area (Å²) in [6.45, 7) is 0.0783. The van der Waals surface area contributed by atoms with Gasteiger partial charge in [0.15, 0.2) is 5.52 Å². The molecule has 0 aliphatic rings. The summed E-state index contributed by atoms with van der Waals surface area (Å²) in [5.74, 6) is -0.220. The average molecular weight is 392 g/mol. The highest BCUT2D eigenvalue weighted by molar-refractivity contribution is 5.86. The zero-order chi connectivity index (χ0) is 20.4. The normalized spacial score (nSPS) is 10.9. The molecule has 9 heteroatoms. The van der Waals surface area contributed by atoms with Crippen LogP contribution in [0.25, 0.3) is 11.0 Å². The van der Waals surface area contributed by atoms with Crippen LogP contribution in [0.4, 0.5) is 0 Å². The van der Waals surface area contributed by atoms with E-state index < -0.39 is 17.2 Å². The molecular weight excluding hydrogens is 376 g/mol. The predicted molar refractivity (Wildman–Crippen MR) is 103 cm³/mol. The number of rotatable bonds is 5. The van der Waals surface area contributed by atoms with Crippen molar-refractivity contribution in [1.82, 2.24) is 19.1 Å². The summed E-state index contributed by atoms with van der Waals surface area (Å²) in [5, 5.41) is 0. The van der Waals surface area contributed by atoms with Gasteiger partial charge in [0.05, 0.1) is 25.7 Å². The van der Waals surface area contributed by atoms with Crippen LogP contribution >= 0.6 is 0 Å². The van der Waals surface area contributed by atoms with E-state index in [4.69, 9.17) is 4.42 Å². The molecule has 4 aromatic rings. The fraction of sp³-hybridized carbons (Fsp3) is 0.150. The Kier molecular flexibility index (Phi) is 4.78. The van der Waals surface area contributed by atoms with E-state index in [1.807, 2.05) is 0 Å². The Bertz CT molecular complexity index is 1300. The second kappa shape index (κ2) is 7.55. The zero-order valence-corrected chi connectivity index (χ0v) is 15.4. The van der Waals surface area contributed by atoms with E-state index in [-0.39, 0.29) is 24.4 Å². The predicted octanol–water partition coefficient (Wildman–Crippen LogP) is 1.43. The van der Waals surface area contributed by atoms with Gasteiger partial charge in [-0.2, -0.15) is 0 Å². The lowest BCUT2D eigenvalue weighted by molar-refractivity contribution is 0.0563. The minimum absolute atomic E-state index is 0.0192. The third kappa shape index (κ3) is 3.45. The number of carbonyl (C=O) groups is 1. The minimum atomic E-state index is -0.614. The molecule has 0 atom stereocenters. The van der Waals surface area contributed by atoms with Gasteiger partial charge in [-0.25, -0.2) is 14.6 Å². The average Bonchev–Trinajstić information content (AvgIpc) is 3.23. The highest BCUT2D eigenvalue weighted by Gasteiger charge is 2.17. The molecule has 0 N–H and O–H groups in total. The van der Waals surface area contributed by atoms with Crippen molar-refractivity contribution >= 4 is 17.0 Å². The number of carbonyl (C=O) groups excluding carboxylic acids is 1. The second-order valence-electron chi connectivity index (χ2n) is 6.25. The van der Waals surface area contributed by atoms with Crippen LogP contribution in [-0.4, -0.2) is 32.2 Å². The van der Waals surface area contributed by atoms with Crippen LogP contribution in [-0.2, 0) is 17.8 Å². The van der Waals surface area contributed by atoms with Gasteiger partial charge in [0.1, 0.15) is 5.76 Å². The Morgan fingerprint density at radius 3 is 2.66 bits per heavy atom. The van der Waals surface area contributed by atoms with Gasteiger partial charge in [-0.1, -0.05) is 6.07 Å². The summed E-state index contributed by atoms with van der Waals surface area (Å²) >= 11 is 0. The van der Waals surface area contributed by atoms with Crippen LogP contribution in [0, 0.1) is 0 Å². The minimum Gasteiger partial charge on any atom is -0.463 e. The Morgan fingerprint density at radius 2 is 1.90 bits per heavy atom. The van der Waals surface area contributed by atoms with Crippen LogP contribution in [0.1, 0.15) is 21.9 Å². The molecule has 0 aliphatic carbocycles. The molecule has 0 unspecified atom stereocenters. The van der Waals surface area contributed by atoms with E-state index in [2.05, 4.69) is 14.7 Å². The van der Waals surface area contributed by atoms with Crippen LogP contribution in [0.2, 0.25) is 0 Å². The molecule has 9 nitrogen and oxygen atoms in total. The molecule has 0 aromatic carbocycles. The molecule has 29 heavy (non-hydrogen) atoms. The van der Waals surface area contributed by atoms with Gasteiger partial charge in [0.2, 0.25) is 5.76 Å². The summed E-state index contributed by atoms with van der Waals surface area (Å²) in [7, 11) is 1.25. The van der Waals surface area contributed by atoms with Crippen molar-refractivity contribution in [1.29, 1.82) is 0 Å². The van der Waals surface area contributed by atoms with Gasteiger partial charge in [0, 0.05) is 18.6 Å². The number of fused-ring (bicyclic) bond motifs is 1. The highest BCUT2D eigenvalue weighted by Crippen LogP contribution is 2.13.